The number of thioether (sulfide) groups is 1. The van der Waals surface area contributed by atoms with Crippen LogP contribution in [0.3, 0.4) is 0 Å². The molecule has 6 heteroatoms. The van der Waals surface area contributed by atoms with Gasteiger partial charge >= 0.3 is 0 Å². The third-order valence-corrected chi connectivity index (χ3v) is 5.20. The van der Waals surface area contributed by atoms with E-state index in [9.17, 15) is 9.18 Å². The molecule has 0 atom stereocenters. The Kier molecular flexibility index (Phi) is 5.93. The van der Waals surface area contributed by atoms with E-state index < -0.39 is 5.82 Å². The Morgan fingerprint density at radius 2 is 2.15 bits per heavy atom. The van der Waals surface area contributed by atoms with Crippen LogP contribution in [0.1, 0.15) is 22.3 Å². The molecule has 1 heterocycles. The number of hydrogen-bond acceptors (Lipinski definition) is 5. The number of carbonyl (C=O) groups is 1. The summed E-state index contributed by atoms with van der Waals surface area (Å²) in [5.74, 6) is 0.491. The molecule has 0 bridgehead atoms. The summed E-state index contributed by atoms with van der Waals surface area (Å²) >= 11 is 1.63. The van der Waals surface area contributed by atoms with Crippen molar-refractivity contribution in [2.75, 3.05) is 30.9 Å². The monoisotopic (exact) mass is 372 g/mol. The average molecular weight is 372 g/mol. The molecule has 1 aliphatic rings. The highest BCUT2D eigenvalue weighted by atomic mass is 32.2. The van der Waals surface area contributed by atoms with E-state index >= 15 is 0 Å². The summed E-state index contributed by atoms with van der Waals surface area (Å²) in [6.07, 6.45) is 1.02. The number of nitrogens with zero attached hydrogens (tertiary/aromatic N) is 2. The van der Waals surface area contributed by atoms with Gasteiger partial charge in [-0.1, -0.05) is 23.9 Å². The van der Waals surface area contributed by atoms with Crippen molar-refractivity contribution in [1.82, 2.24) is 0 Å². The van der Waals surface area contributed by atoms with Gasteiger partial charge in [-0.2, -0.15) is 0 Å². The third-order valence-electron chi connectivity index (χ3n) is 4.10. The number of aliphatic imine (C=N–C) groups is 1. The summed E-state index contributed by atoms with van der Waals surface area (Å²) in [7, 11) is 1.47. The molecule has 4 nitrogen and oxygen atoms in total. The van der Waals surface area contributed by atoms with Crippen LogP contribution >= 0.6 is 11.8 Å². The van der Waals surface area contributed by atoms with Crippen molar-refractivity contribution in [2.24, 2.45) is 4.99 Å². The van der Waals surface area contributed by atoms with Crippen molar-refractivity contribution in [2.45, 2.75) is 13.3 Å². The zero-order valence-corrected chi connectivity index (χ0v) is 15.7. The Morgan fingerprint density at radius 3 is 2.81 bits per heavy atom. The predicted octanol–water partition coefficient (Wildman–Crippen LogP) is 4.32. The molecule has 0 saturated heterocycles. The van der Waals surface area contributed by atoms with Gasteiger partial charge in [-0.15, -0.1) is 0 Å². The van der Waals surface area contributed by atoms with Crippen LogP contribution in [0.15, 0.2) is 47.5 Å². The number of methoxy groups -OCH3 is 1. The Bertz CT molecular complexity index is 838. The van der Waals surface area contributed by atoms with E-state index in [0.29, 0.717) is 5.75 Å². The highest BCUT2D eigenvalue weighted by Gasteiger charge is 2.22. The van der Waals surface area contributed by atoms with Crippen LogP contribution in [-0.4, -0.2) is 36.9 Å². The summed E-state index contributed by atoms with van der Waals surface area (Å²) in [5.41, 5.74) is 2.04. The van der Waals surface area contributed by atoms with Crippen LogP contribution in [-0.2, 0) is 0 Å². The summed E-state index contributed by atoms with van der Waals surface area (Å²) < 4.78 is 19.3. The second-order valence-electron chi connectivity index (χ2n) is 6.06. The summed E-state index contributed by atoms with van der Waals surface area (Å²) in [6, 6.07) is 12.2. The number of ketones is 1. The Morgan fingerprint density at radius 1 is 1.31 bits per heavy atom. The van der Waals surface area contributed by atoms with E-state index in [-0.39, 0.29) is 17.9 Å². The minimum absolute atomic E-state index is 0.0402. The smallest absolute Gasteiger partial charge is 0.185 e. The molecule has 0 radical (unpaired) electrons. The number of carbonyl (C=O) groups excluding carboxylic acids is 1. The second-order valence-corrected chi connectivity index (χ2v) is 7.12. The Labute approximate surface area is 157 Å². The molecule has 0 aromatic heterocycles. The van der Waals surface area contributed by atoms with Gasteiger partial charge in [0.15, 0.2) is 11.0 Å². The lowest BCUT2D eigenvalue weighted by atomic mass is 10.1. The summed E-state index contributed by atoms with van der Waals surface area (Å²) in [4.78, 5) is 19.2. The van der Waals surface area contributed by atoms with E-state index in [1.54, 1.807) is 17.8 Å². The van der Waals surface area contributed by atoms with E-state index in [1.165, 1.54) is 19.2 Å². The Balaban J connectivity index is 1.90. The predicted molar refractivity (Wildman–Crippen MR) is 105 cm³/mol. The quantitative estimate of drug-likeness (QED) is 0.733. The van der Waals surface area contributed by atoms with Gasteiger partial charge in [0.05, 0.1) is 19.2 Å². The number of Topliss-reactive ketones (excluding diaryl/α,β-unsaturated/α-hetero) is 1. The molecule has 26 heavy (non-hydrogen) atoms. The number of anilines is 1. The molecule has 0 unspecified atom stereocenters. The molecule has 3 rings (SSSR count). The van der Waals surface area contributed by atoms with E-state index in [1.807, 2.05) is 36.1 Å². The van der Waals surface area contributed by atoms with Gasteiger partial charge < -0.3 is 9.64 Å². The van der Waals surface area contributed by atoms with Crippen molar-refractivity contribution in [3.63, 3.8) is 0 Å². The second kappa shape index (κ2) is 8.36. The van der Waals surface area contributed by atoms with E-state index in [0.717, 1.165) is 35.1 Å². The topological polar surface area (TPSA) is 41.9 Å². The number of amidine groups is 1. The first-order valence-electron chi connectivity index (χ1n) is 8.46. The third kappa shape index (κ3) is 4.25. The van der Waals surface area contributed by atoms with Gasteiger partial charge in [0.25, 0.3) is 0 Å². The van der Waals surface area contributed by atoms with Gasteiger partial charge in [-0.05, 0) is 43.2 Å². The first-order valence-corrected chi connectivity index (χ1v) is 9.45. The highest BCUT2D eigenvalue weighted by Crippen LogP contribution is 2.25. The fourth-order valence-electron chi connectivity index (χ4n) is 2.75. The molecule has 0 spiro atoms. The maximum Gasteiger partial charge on any atom is 0.185 e. The standard InChI is InChI=1S/C20H21FN2O2S/c1-14-5-3-6-15(11-14)23(20-22-9-4-10-26-20)13-19(24)17-8-7-16(25-2)12-18(17)21/h3,5-8,11-12H,4,9-10,13H2,1-2H3. The number of halogens is 1. The highest BCUT2D eigenvalue weighted by molar-refractivity contribution is 8.14. The lowest BCUT2D eigenvalue weighted by molar-refractivity contribution is 0.0998. The lowest BCUT2D eigenvalue weighted by Gasteiger charge is -2.27. The van der Waals surface area contributed by atoms with Gasteiger partial charge in [0, 0.05) is 24.1 Å². The summed E-state index contributed by atoms with van der Waals surface area (Å²) in [6.45, 7) is 2.79. The molecular weight excluding hydrogens is 351 g/mol. The maximum atomic E-state index is 14.3. The van der Waals surface area contributed by atoms with Crippen LogP contribution in [0.25, 0.3) is 0 Å². The van der Waals surface area contributed by atoms with Crippen LogP contribution in [0.5, 0.6) is 5.75 Å². The molecule has 0 N–H and O–H groups in total. The minimum Gasteiger partial charge on any atom is -0.497 e. The van der Waals surface area contributed by atoms with E-state index in [4.69, 9.17) is 4.74 Å². The number of ether oxygens (including phenoxy) is 1. The fourth-order valence-corrected chi connectivity index (χ4v) is 3.72. The lowest BCUT2D eigenvalue weighted by Crippen LogP contribution is -2.35. The number of benzene rings is 2. The van der Waals surface area contributed by atoms with Gasteiger partial charge in [-0.25, -0.2) is 4.39 Å². The number of rotatable bonds is 5. The molecule has 2 aromatic rings. The Hall–Kier alpha value is -2.34. The van der Waals surface area contributed by atoms with Crippen LogP contribution < -0.4 is 9.64 Å². The molecule has 0 amide bonds. The van der Waals surface area contributed by atoms with Crippen molar-refractivity contribution >= 4 is 28.4 Å². The maximum absolute atomic E-state index is 14.3. The van der Waals surface area contributed by atoms with Crippen LogP contribution in [0.4, 0.5) is 10.1 Å². The van der Waals surface area contributed by atoms with Crippen LogP contribution in [0, 0.1) is 12.7 Å². The fraction of sp³-hybridized carbons (Fsp3) is 0.300. The van der Waals surface area contributed by atoms with Gasteiger partial charge in [0.1, 0.15) is 11.6 Å². The molecule has 0 aliphatic carbocycles. The van der Waals surface area contributed by atoms with Gasteiger partial charge in [0.2, 0.25) is 0 Å². The number of hydrogen-bond donors (Lipinski definition) is 0. The molecule has 2 aromatic carbocycles. The molecule has 0 saturated carbocycles. The normalized spacial score (nSPS) is 13.9. The van der Waals surface area contributed by atoms with Crippen molar-refractivity contribution in [1.29, 1.82) is 0 Å². The summed E-state index contributed by atoms with van der Waals surface area (Å²) in [5, 5.41) is 0.809. The molecule has 0 fully saturated rings. The zero-order valence-electron chi connectivity index (χ0n) is 14.9. The molecular formula is C20H21FN2O2S. The van der Waals surface area contributed by atoms with Crippen molar-refractivity contribution < 1.29 is 13.9 Å². The van der Waals surface area contributed by atoms with Crippen molar-refractivity contribution in [3.05, 3.63) is 59.4 Å². The van der Waals surface area contributed by atoms with Crippen LogP contribution in [0.2, 0.25) is 0 Å². The minimum atomic E-state index is -0.572. The average Bonchev–Trinajstić information content (AvgIpc) is 2.66. The number of aryl methyl sites for hydroxylation is 1. The first kappa shape index (κ1) is 18.5. The molecule has 136 valence electrons. The molecule has 1 aliphatic heterocycles. The van der Waals surface area contributed by atoms with Crippen molar-refractivity contribution in [3.8, 4) is 5.75 Å². The SMILES string of the molecule is COc1ccc(C(=O)CN(C2=NCCCS2)c2cccc(C)c2)c(F)c1. The largest absolute Gasteiger partial charge is 0.497 e. The first-order chi connectivity index (χ1) is 12.6. The van der Waals surface area contributed by atoms with Gasteiger partial charge in [-0.3, -0.25) is 9.79 Å². The zero-order chi connectivity index (χ0) is 18.5. The van der Waals surface area contributed by atoms with E-state index in [2.05, 4.69) is 4.99 Å².